The Morgan fingerprint density at radius 3 is 2.56 bits per heavy atom. The van der Waals surface area contributed by atoms with Crippen molar-refractivity contribution in [2.24, 2.45) is 0 Å². The maximum absolute atomic E-state index is 14.3. The van der Waals surface area contributed by atoms with E-state index in [4.69, 9.17) is 16.7 Å². The molecule has 0 aliphatic carbocycles. The molecule has 178 valence electrons. The quantitative estimate of drug-likeness (QED) is 0.281. The Bertz CT molecular complexity index is 1310. The normalized spacial score (nSPS) is 11.6. The van der Waals surface area contributed by atoms with E-state index in [1.165, 1.54) is 6.07 Å². The van der Waals surface area contributed by atoms with E-state index in [0.717, 1.165) is 29.2 Å². The summed E-state index contributed by atoms with van der Waals surface area (Å²) in [6.45, 7) is 0.646. The van der Waals surface area contributed by atoms with Crippen LogP contribution in [-0.2, 0) is 6.54 Å². The summed E-state index contributed by atoms with van der Waals surface area (Å²) in [6.07, 6.45) is -1.67. The average molecular weight is 497 g/mol. The van der Waals surface area contributed by atoms with Gasteiger partial charge < -0.3 is 20.5 Å². The highest BCUT2D eigenvalue weighted by Crippen LogP contribution is 2.33. The van der Waals surface area contributed by atoms with Crippen LogP contribution in [0.3, 0.4) is 0 Å². The molecule has 2 aromatic carbocycles. The zero-order chi connectivity index (χ0) is 24.3. The molecule has 8 nitrogen and oxygen atoms in total. The molecule has 0 atom stereocenters. The zero-order valence-corrected chi connectivity index (χ0v) is 18.0. The number of nitrogens with zero attached hydrogens (tertiary/aromatic N) is 4. The first-order valence-electron chi connectivity index (χ1n) is 9.90. The summed E-state index contributed by atoms with van der Waals surface area (Å²) in [7, 11) is 0. The third-order valence-electron chi connectivity index (χ3n) is 4.59. The Kier molecular flexibility index (Phi) is 6.70. The number of nitrogens with one attached hydrogen (secondary N) is 2. The lowest BCUT2D eigenvalue weighted by Crippen LogP contribution is -2.17. The molecular weight excluding hydrogens is 480 g/mol. The van der Waals surface area contributed by atoms with Crippen LogP contribution in [0.5, 0.6) is 5.75 Å². The van der Waals surface area contributed by atoms with Crippen molar-refractivity contribution >= 4 is 45.6 Å². The number of aliphatic hydroxyl groups excluding tert-OH is 1. The van der Waals surface area contributed by atoms with Gasteiger partial charge in [0.05, 0.1) is 22.9 Å². The van der Waals surface area contributed by atoms with Gasteiger partial charge in [-0.2, -0.15) is 10.1 Å². The fourth-order valence-electron chi connectivity index (χ4n) is 3.13. The van der Waals surface area contributed by atoms with E-state index in [0.29, 0.717) is 18.7 Å². The lowest BCUT2D eigenvalue weighted by atomic mass is 10.2. The molecule has 0 aliphatic rings. The Hall–Kier alpha value is -3.64. The summed E-state index contributed by atoms with van der Waals surface area (Å²) in [5.74, 6) is -1.49. The number of rotatable bonds is 8. The van der Waals surface area contributed by atoms with Gasteiger partial charge in [0, 0.05) is 29.9 Å². The predicted octanol–water partition coefficient (Wildman–Crippen LogP) is 5.39. The fourth-order valence-corrected chi connectivity index (χ4v) is 3.35. The largest absolute Gasteiger partial charge is 0.573 e. The van der Waals surface area contributed by atoms with Gasteiger partial charge in [-0.15, -0.1) is 13.2 Å². The first kappa shape index (κ1) is 23.5. The van der Waals surface area contributed by atoms with Gasteiger partial charge in [-0.1, -0.05) is 11.6 Å². The third kappa shape index (κ3) is 5.64. The van der Waals surface area contributed by atoms with Crippen LogP contribution in [0.15, 0.2) is 48.8 Å². The molecule has 2 aromatic heterocycles. The van der Waals surface area contributed by atoms with E-state index in [1.54, 1.807) is 16.9 Å². The molecule has 13 heteroatoms. The maximum atomic E-state index is 14.3. The van der Waals surface area contributed by atoms with Gasteiger partial charge in [0.25, 0.3) is 0 Å². The van der Waals surface area contributed by atoms with E-state index < -0.39 is 17.9 Å². The van der Waals surface area contributed by atoms with Crippen LogP contribution in [0.4, 0.5) is 40.7 Å². The smallest absolute Gasteiger partial charge is 0.404 e. The summed E-state index contributed by atoms with van der Waals surface area (Å²) >= 11 is 5.83. The van der Waals surface area contributed by atoms with E-state index in [-0.39, 0.29) is 29.1 Å². The lowest BCUT2D eigenvalue weighted by Gasteiger charge is -2.13. The van der Waals surface area contributed by atoms with Gasteiger partial charge >= 0.3 is 6.36 Å². The Morgan fingerprint density at radius 1 is 1.06 bits per heavy atom. The lowest BCUT2D eigenvalue weighted by molar-refractivity contribution is -0.274. The Labute approximate surface area is 195 Å². The molecule has 3 N–H and O–H groups in total. The van der Waals surface area contributed by atoms with Crippen molar-refractivity contribution in [1.82, 2.24) is 19.7 Å². The van der Waals surface area contributed by atoms with Crippen LogP contribution in [0.25, 0.3) is 10.9 Å². The highest BCUT2D eigenvalue weighted by molar-refractivity contribution is 6.32. The van der Waals surface area contributed by atoms with E-state index in [2.05, 4.69) is 30.4 Å². The van der Waals surface area contributed by atoms with E-state index in [1.807, 2.05) is 12.1 Å². The van der Waals surface area contributed by atoms with Crippen molar-refractivity contribution in [1.29, 1.82) is 0 Å². The molecule has 0 amide bonds. The molecule has 2 heterocycles. The molecule has 4 rings (SSSR count). The van der Waals surface area contributed by atoms with Gasteiger partial charge in [-0.3, -0.25) is 4.68 Å². The van der Waals surface area contributed by atoms with Crippen LogP contribution in [0, 0.1) is 5.82 Å². The van der Waals surface area contributed by atoms with Crippen molar-refractivity contribution in [2.45, 2.75) is 19.3 Å². The number of aromatic nitrogens is 4. The number of benzene rings is 2. The summed E-state index contributed by atoms with van der Waals surface area (Å²) < 4.78 is 57.0. The number of fused-ring (bicyclic) bond motifs is 1. The predicted molar refractivity (Wildman–Crippen MR) is 118 cm³/mol. The number of aryl methyl sites for hydroxylation is 1. The van der Waals surface area contributed by atoms with Gasteiger partial charge in [0.1, 0.15) is 5.75 Å². The summed E-state index contributed by atoms with van der Waals surface area (Å²) in [5, 5.41) is 19.4. The van der Waals surface area contributed by atoms with Crippen molar-refractivity contribution < 1.29 is 27.4 Å². The minimum Gasteiger partial charge on any atom is -0.404 e. The number of halogens is 5. The first-order chi connectivity index (χ1) is 16.2. The minimum absolute atomic E-state index is 0.0664. The highest BCUT2D eigenvalue weighted by Gasteiger charge is 2.32. The molecule has 0 unspecified atom stereocenters. The molecule has 0 saturated carbocycles. The van der Waals surface area contributed by atoms with Crippen LogP contribution in [0.1, 0.15) is 6.42 Å². The molecular formula is C21H17ClF4N6O2. The number of hydrogen-bond acceptors (Lipinski definition) is 7. The van der Waals surface area contributed by atoms with Gasteiger partial charge in [-0.25, -0.2) is 9.37 Å². The zero-order valence-electron chi connectivity index (χ0n) is 17.3. The SMILES string of the molecule is OCCCn1ncc2cc(Nc3ncc(F)c(Nc4ccc(OC(F)(F)F)c(Cl)c4)n3)ccc21. The molecule has 0 radical (unpaired) electrons. The molecule has 34 heavy (non-hydrogen) atoms. The average Bonchev–Trinajstić information content (AvgIpc) is 3.18. The van der Waals surface area contributed by atoms with Crippen LogP contribution >= 0.6 is 11.6 Å². The van der Waals surface area contributed by atoms with Crippen LogP contribution < -0.4 is 15.4 Å². The van der Waals surface area contributed by atoms with E-state index in [9.17, 15) is 17.6 Å². The second-order valence-corrected chi connectivity index (χ2v) is 7.46. The van der Waals surface area contributed by atoms with Gasteiger partial charge in [-0.05, 0) is 42.8 Å². The second-order valence-electron chi connectivity index (χ2n) is 7.05. The first-order valence-corrected chi connectivity index (χ1v) is 10.3. The Balaban J connectivity index is 1.51. The number of aliphatic hydroxyl groups is 1. The summed E-state index contributed by atoms with van der Waals surface area (Å²) in [5.41, 5.74) is 1.71. The molecule has 0 bridgehead atoms. The van der Waals surface area contributed by atoms with Crippen molar-refractivity contribution in [2.75, 3.05) is 17.2 Å². The van der Waals surface area contributed by atoms with Crippen LogP contribution in [0.2, 0.25) is 5.02 Å². The maximum Gasteiger partial charge on any atom is 0.573 e. The van der Waals surface area contributed by atoms with Gasteiger partial charge in [0.2, 0.25) is 5.95 Å². The number of hydrogen-bond donors (Lipinski definition) is 3. The summed E-state index contributed by atoms with van der Waals surface area (Å²) in [6, 6.07) is 8.84. The number of anilines is 4. The van der Waals surface area contributed by atoms with Crippen molar-refractivity contribution in [3.05, 3.63) is 59.6 Å². The van der Waals surface area contributed by atoms with Gasteiger partial charge in [0.15, 0.2) is 11.6 Å². The van der Waals surface area contributed by atoms with E-state index >= 15 is 0 Å². The number of alkyl halides is 3. The fraction of sp³-hybridized carbons (Fsp3) is 0.190. The topological polar surface area (TPSA) is 97.1 Å². The van der Waals surface area contributed by atoms with Crippen molar-refractivity contribution in [3.63, 3.8) is 0 Å². The third-order valence-corrected chi connectivity index (χ3v) is 4.89. The minimum atomic E-state index is -4.89. The highest BCUT2D eigenvalue weighted by atomic mass is 35.5. The monoisotopic (exact) mass is 496 g/mol. The molecule has 0 fully saturated rings. The molecule has 0 spiro atoms. The standard InChI is InChI=1S/C21H17ClF4N6O2/c22-15-9-14(3-5-18(15)34-21(24,25)26)29-19-16(23)11-27-20(31-19)30-13-2-4-17-12(8-13)10-28-32(17)6-1-7-33/h2-5,8-11,33H,1,6-7H2,(H2,27,29,30,31). The molecule has 4 aromatic rings. The van der Waals surface area contributed by atoms with Crippen molar-refractivity contribution in [3.8, 4) is 5.75 Å². The Morgan fingerprint density at radius 2 is 1.82 bits per heavy atom. The molecule has 0 aliphatic heterocycles. The van der Waals surface area contributed by atoms with Crippen LogP contribution in [-0.4, -0.2) is 37.8 Å². The number of ether oxygens (including phenoxy) is 1. The molecule has 0 saturated heterocycles. The summed E-state index contributed by atoms with van der Waals surface area (Å²) in [4.78, 5) is 8.01. The second kappa shape index (κ2) is 9.69.